The molecule has 158 valence electrons. The van der Waals surface area contributed by atoms with Crippen molar-refractivity contribution < 1.29 is 9.59 Å². The molecular weight excluding hydrogens is 429 g/mol. The molecule has 0 unspecified atom stereocenters. The van der Waals surface area contributed by atoms with Crippen molar-refractivity contribution in [3.8, 4) is 0 Å². The Balaban J connectivity index is 1.66. The summed E-state index contributed by atoms with van der Waals surface area (Å²) >= 11 is 12.1. The number of benzene rings is 1. The number of nitrogens with zero attached hydrogens (tertiary/aromatic N) is 2. The van der Waals surface area contributed by atoms with Crippen molar-refractivity contribution in [2.24, 2.45) is 5.92 Å². The van der Waals surface area contributed by atoms with Crippen molar-refractivity contribution in [2.75, 3.05) is 28.6 Å². The molecule has 3 heterocycles. The Morgan fingerprint density at radius 3 is 2.87 bits per heavy atom. The van der Waals surface area contributed by atoms with E-state index in [9.17, 15) is 14.4 Å². The third kappa shape index (κ3) is 4.15. The summed E-state index contributed by atoms with van der Waals surface area (Å²) in [7, 11) is 0. The molecule has 0 spiro atoms. The molecule has 0 aliphatic carbocycles. The highest BCUT2D eigenvalue weighted by molar-refractivity contribution is 6.35. The molecule has 2 aromatic rings. The highest BCUT2D eigenvalue weighted by atomic mass is 35.5. The predicted octanol–water partition coefficient (Wildman–Crippen LogP) is 3.38. The third-order valence-corrected chi connectivity index (χ3v) is 5.96. The van der Waals surface area contributed by atoms with Crippen LogP contribution in [0.1, 0.15) is 37.7 Å². The molecule has 1 aromatic heterocycles. The molecule has 2 atom stereocenters. The molecule has 0 bridgehead atoms. The van der Waals surface area contributed by atoms with E-state index in [2.05, 4.69) is 27.5 Å². The number of amides is 2. The third-order valence-electron chi connectivity index (χ3n) is 5.40. The van der Waals surface area contributed by atoms with E-state index in [0.717, 1.165) is 25.9 Å². The molecule has 4 rings (SSSR count). The molecule has 0 radical (unpaired) electrons. The molecule has 8 nitrogen and oxygen atoms in total. The molecule has 0 saturated carbocycles. The summed E-state index contributed by atoms with van der Waals surface area (Å²) in [4.78, 5) is 47.4. The van der Waals surface area contributed by atoms with E-state index in [1.54, 1.807) is 12.1 Å². The highest BCUT2D eigenvalue weighted by Gasteiger charge is 2.35. The van der Waals surface area contributed by atoms with Crippen LogP contribution < -0.4 is 21.1 Å². The summed E-state index contributed by atoms with van der Waals surface area (Å²) in [5.41, 5.74) is 0.00892. The van der Waals surface area contributed by atoms with Gasteiger partial charge < -0.3 is 15.5 Å². The minimum absolute atomic E-state index is 0.126. The number of H-pyrrole nitrogens is 1. The zero-order valence-corrected chi connectivity index (χ0v) is 17.8. The summed E-state index contributed by atoms with van der Waals surface area (Å²) in [6, 6.07) is 4.66. The van der Waals surface area contributed by atoms with E-state index in [0.29, 0.717) is 27.6 Å². The minimum Gasteiger partial charge on any atom is -0.342 e. The van der Waals surface area contributed by atoms with Crippen LogP contribution in [0.2, 0.25) is 10.0 Å². The van der Waals surface area contributed by atoms with Crippen molar-refractivity contribution in [1.82, 2.24) is 9.97 Å². The second-order valence-electron chi connectivity index (χ2n) is 7.76. The topological polar surface area (TPSA) is 107 Å². The second kappa shape index (κ2) is 8.28. The first-order valence-corrected chi connectivity index (χ1v) is 10.5. The molecule has 2 amide bonds. The predicted molar refractivity (Wildman–Crippen MR) is 117 cm³/mol. The number of nitrogens with one attached hydrogen (secondary N) is 3. The number of piperidine rings is 1. The van der Waals surface area contributed by atoms with Crippen molar-refractivity contribution in [1.29, 1.82) is 0 Å². The monoisotopic (exact) mass is 449 g/mol. The molecule has 30 heavy (non-hydrogen) atoms. The zero-order chi connectivity index (χ0) is 21.4. The smallest absolute Gasteiger partial charge is 0.258 e. The van der Waals surface area contributed by atoms with Crippen LogP contribution in [0.25, 0.3) is 0 Å². The lowest BCUT2D eigenvalue weighted by Gasteiger charge is -2.32. The number of aromatic amines is 1. The fourth-order valence-electron chi connectivity index (χ4n) is 3.93. The molecule has 3 N–H and O–H groups in total. The van der Waals surface area contributed by atoms with E-state index in [4.69, 9.17) is 23.2 Å². The van der Waals surface area contributed by atoms with Gasteiger partial charge in [0.15, 0.2) is 0 Å². The maximum Gasteiger partial charge on any atom is 0.258 e. The van der Waals surface area contributed by atoms with Crippen LogP contribution in [-0.2, 0) is 9.59 Å². The van der Waals surface area contributed by atoms with Gasteiger partial charge in [0.25, 0.3) is 5.56 Å². The standard InChI is InChI=1S/C20H21Cl2N5O3/c1-10-3-2-6-27(9-10)20-25-17-16(19(30)26-20)12(8-15(28)24-17)18(29)23-14-7-11(21)4-5-13(14)22/h4-5,7,10,12H,2-3,6,8-9H2,1H3,(H,23,29)(H2,24,25,26,28,30)/t10-,12-/m1/s1. The second-order valence-corrected chi connectivity index (χ2v) is 8.61. The lowest BCUT2D eigenvalue weighted by molar-refractivity contribution is -0.123. The average molecular weight is 450 g/mol. The Hall–Kier alpha value is -2.58. The van der Waals surface area contributed by atoms with E-state index in [-0.39, 0.29) is 23.7 Å². The lowest BCUT2D eigenvalue weighted by atomic mass is 9.92. The lowest BCUT2D eigenvalue weighted by Crippen LogP contribution is -2.40. The van der Waals surface area contributed by atoms with Gasteiger partial charge in [-0.05, 0) is 37.0 Å². The van der Waals surface area contributed by atoms with Gasteiger partial charge in [-0.3, -0.25) is 19.4 Å². The minimum atomic E-state index is -0.991. The fraction of sp³-hybridized carbons (Fsp3) is 0.400. The van der Waals surface area contributed by atoms with Crippen LogP contribution >= 0.6 is 23.2 Å². The normalized spacial score (nSPS) is 21.0. The molecule has 1 aromatic carbocycles. The Kier molecular flexibility index (Phi) is 5.71. The van der Waals surface area contributed by atoms with Gasteiger partial charge in [-0.2, -0.15) is 4.98 Å². The van der Waals surface area contributed by atoms with Crippen LogP contribution in [0.3, 0.4) is 0 Å². The van der Waals surface area contributed by atoms with Crippen LogP contribution in [-0.4, -0.2) is 34.9 Å². The van der Waals surface area contributed by atoms with E-state index in [1.165, 1.54) is 6.07 Å². The van der Waals surface area contributed by atoms with Crippen molar-refractivity contribution in [2.45, 2.75) is 32.1 Å². The van der Waals surface area contributed by atoms with E-state index in [1.807, 2.05) is 4.90 Å². The first-order chi connectivity index (χ1) is 14.3. The SMILES string of the molecule is C[C@@H]1CCCN(c2nc3c(c(=O)[nH]2)[C@H](C(=O)Nc2cc(Cl)ccc2Cl)CC(=O)N3)C1. The van der Waals surface area contributed by atoms with Gasteiger partial charge >= 0.3 is 0 Å². The highest BCUT2D eigenvalue weighted by Crippen LogP contribution is 2.32. The number of aromatic nitrogens is 2. The van der Waals surface area contributed by atoms with Gasteiger partial charge in [-0.25, -0.2) is 0 Å². The Labute approximate surface area is 183 Å². The maximum absolute atomic E-state index is 12.9. The summed E-state index contributed by atoms with van der Waals surface area (Å²) in [5, 5.41) is 6.00. The number of carbonyl (C=O) groups excluding carboxylic acids is 2. The summed E-state index contributed by atoms with van der Waals surface area (Å²) in [5.74, 6) is -0.882. The van der Waals surface area contributed by atoms with Gasteiger partial charge in [-0.15, -0.1) is 0 Å². The van der Waals surface area contributed by atoms with Crippen LogP contribution in [0.5, 0.6) is 0 Å². The molecule has 1 saturated heterocycles. The summed E-state index contributed by atoms with van der Waals surface area (Å²) in [6.45, 7) is 3.69. The largest absolute Gasteiger partial charge is 0.342 e. The number of anilines is 3. The zero-order valence-electron chi connectivity index (χ0n) is 16.3. The first-order valence-electron chi connectivity index (χ1n) is 9.76. The number of hydrogen-bond acceptors (Lipinski definition) is 5. The number of carbonyl (C=O) groups is 2. The fourth-order valence-corrected chi connectivity index (χ4v) is 4.26. The number of fused-ring (bicyclic) bond motifs is 1. The number of halogens is 2. The molecule has 2 aliphatic heterocycles. The molecular formula is C20H21Cl2N5O3. The first kappa shape index (κ1) is 20.7. The van der Waals surface area contributed by atoms with Crippen molar-refractivity contribution in [3.05, 3.63) is 44.2 Å². The average Bonchev–Trinajstić information content (AvgIpc) is 2.69. The Morgan fingerprint density at radius 2 is 2.10 bits per heavy atom. The van der Waals surface area contributed by atoms with Crippen molar-refractivity contribution in [3.63, 3.8) is 0 Å². The van der Waals surface area contributed by atoms with E-state index >= 15 is 0 Å². The van der Waals surface area contributed by atoms with Crippen LogP contribution in [0.4, 0.5) is 17.5 Å². The molecule has 1 fully saturated rings. The van der Waals surface area contributed by atoms with E-state index < -0.39 is 17.4 Å². The Morgan fingerprint density at radius 1 is 1.30 bits per heavy atom. The number of hydrogen-bond donors (Lipinski definition) is 3. The van der Waals surface area contributed by atoms with Gasteiger partial charge in [0.05, 0.1) is 22.2 Å². The van der Waals surface area contributed by atoms with Gasteiger partial charge in [0.1, 0.15) is 5.82 Å². The summed E-state index contributed by atoms with van der Waals surface area (Å²) < 4.78 is 0. The van der Waals surface area contributed by atoms with Gasteiger partial charge in [0, 0.05) is 24.5 Å². The number of rotatable bonds is 3. The van der Waals surface area contributed by atoms with Gasteiger partial charge in [-0.1, -0.05) is 30.1 Å². The quantitative estimate of drug-likeness (QED) is 0.665. The van der Waals surface area contributed by atoms with Gasteiger partial charge in [0.2, 0.25) is 17.8 Å². The maximum atomic E-state index is 12.9. The molecule has 2 aliphatic rings. The Bertz CT molecular complexity index is 1070. The molecule has 10 heteroatoms. The van der Waals surface area contributed by atoms with Crippen LogP contribution in [0.15, 0.2) is 23.0 Å². The van der Waals surface area contributed by atoms with Crippen molar-refractivity contribution >= 4 is 52.5 Å². The summed E-state index contributed by atoms with van der Waals surface area (Å²) in [6.07, 6.45) is 1.96. The van der Waals surface area contributed by atoms with Crippen LogP contribution in [0, 0.1) is 5.92 Å².